The predicted octanol–water partition coefficient (Wildman–Crippen LogP) is 2.73. The van der Waals surface area contributed by atoms with E-state index in [9.17, 15) is 4.79 Å². The molecule has 0 aliphatic carbocycles. The smallest absolute Gasteiger partial charge is 0.274 e. The first kappa shape index (κ1) is 10.7. The van der Waals surface area contributed by atoms with Crippen LogP contribution < -0.4 is 5.56 Å². The number of H-pyrrole nitrogens is 1. The molecule has 0 bridgehead atoms. The molecule has 0 saturated carbocycles. The fourth-order valence-corrected chi connectivity index (χ4v) is 1.84. The molecular weight excluding hydrogens is 200 g/mol. The first-order valence-corrected chi connectivity index (χ1v) is 5.47. The van der Waals surface area contributed by atoms with E-state index in [0.29, 0.717) is 0 Å². The Balaban J connectivity index is 2.59. The molecule has 3 nitrogen and oxygen atoms in total. The van der Waals surface area contributed by atoms with Crippen molar-refractivity contribution < 1.29 is 0 Å². The highest BCUT2D eigenvalue weighted by Crippen LogP contribution is 2.19. The van der Waals surface area contributed by atoms with Gasteiger partial charge in [-0.15, -0.1) is 0 Å². The summed E-state index contributed by atoms with van der Waals surface area (Å²) in [6.07, 6.45) is 1.78. The van der Waals surface area contributed by atoms with E-state index in [1.807, 2.05) is 45.0 Å². The lowest BCUT2D eigenvalue weighted by Gasteiger charge is -2.04. The lowest BCUT2D eigenvalue weighted by molar-refractivity contribution is 0.517. The van der Waals surface area contributed by atoms with Crippen LogP contribution in [0, 0.1) is 6.92 Å². The van der Waals surface area contributed by atoms with Crippen molar-refractivity contribution in [2.45, 2.75) is 26.8 Å². The third-order valence-electron chi connectivity index (χ3n) is 2.75. The standard InChI is InChI=1S/C13H16N2O/c1-9(2)15-13(16)12(8-14-15)11-7-5-4-6-10(11)3/h4-9,14H,1-3H3. The van der Waals surface area contributed by atoms with Crippen molar-refractivity contribution in [1.82, 2.24) is 9.78 Å². The van der Waals surface area contributed by atoms with Crippen LogP contribution in [-0.4, -0.2) is 9.78 Å². The summed E-state index contributed by atoms with van der Waals surface area (Å²) >= 11 is 0. The van der Waals surface area contributed by atoms with Crippen molar-refractivity contribution in [3.63, 3.8) is 0 Å². The Bertz CT molecular complexity index is 549. The van der Waals surface area contributed by atoms with Gasteiger partial charge in [0, 0.05) is 12.2 Å². The number of hydrogen-bond donors (Lipinski definition) is 1. The van der Waals surface area contributed by atoms with Crippen molar-refractivity contribution in [2.75, 3.05) is 0 Å². The maximum absolute atomic E-state index is 12.1. The average molecular weight is 216 g/mol. The molecule has 1 N–H and O–H groups in total. The highest BCUT2D eigenvalue weighted by molar-refractivity contribution is 5.65. The molecule has 0 saturated heterocycles. The highest BCUT2D eigenvalue weighted by atomic mass is 16.1. The molecule has 2 aromatic rings. The van der Waals surface area contributed by atoms with Crippen molar-refractivity contribution in [3.8, 4) is 11.1 Å². The Morgan fingerprint density at radius 1 is 1.19 bits per heavy atom. The van der Waals surface area contributed by atoms with Crippen LogP contribution in [0.1, 0.15) is 25.5 Å². The summed E-state index contributed by atoms with van der Waals surface area (Å²) < 4.78 is 1.64. The molecule has 0 radical (unpaired) electrons. The number of rotatable bonds is 2. The van der Waals surface area contributed by atoms with Gasteiger partial charge in [0.05, 0.1) is 5.56 Å². The molecule has 0 amide bonds. The van der Waals surface area contributed by atoms with Crippen LogP contribution >= 0.6 is 0 Å². The van der Waals surface area contributed by atoms with Crippen LogP contribution in [-0.2, 0) is 0 Å². The van der Waals surface area contributed by atoms with Gasteiger partial charge in [-0.25, -0.2) is 0 Å². The molecule has 0 unspecified atom stereocenters. The zero-order valence-corrected chi connectivity index (χ0v) is 9.82. The molecule has 3 heteroatoms. The van der Waals surface area contributed by atoms with E-state index in [1.165, 1.54) is 0 Å². The molecule has 0 aliphatic rings. The zero-order chi connectivity index (χ0) is 11.7. The van der Waals surface area contributed by atoms with Gasteiger partial charge in [0.15, 0.2) is 0 Å². The van der Waals surface area contributed by atoms with Crippen LogP contribution in [0.2, 0.25) is 0 Å². The third kappa shape index (κ3) is 1.69. The van der Waals surface area contributed by atoms with Crippen LogP contribution in [0.3, 0.4) is 0 Å². The molecule has 0 aliphatic heterocycles. The molecule has 0 spiro atoms. The van der Waals surface area contributed by atoms with Gasteiger partial charge in [-0.2, -0.15) is 0 Å². The Kier molecular flexibility index (Phi) is 2.69. The molecule has 0 atom stereocenters. The summed E-state index contributed by atoms with van der Waals surface area (Å²) in [6.45, 7) is 5.99. The molecule has 2 rings (SSSR count). The van der Waals surface area contributed by atoms with E-state index in [-0.39, 0.29) is 11.6 Å². The van der Waals surface area contributed by atoms with E-state index in [4.69, 9.17) is 0 Å². The van der Waals surface area contributed by atoms with Gasteiger partial charge in [-0.3, -0.25) is 9.48 Å². The van der Waals surface area contributed by atoms with Gasteiger partial charge in [-0.05, 0) is 31.9 Å². The monoisotopic (exact) mass is 216 g/mol. The van der Waals surface area contributed by atoms with Gasteiger partial charge in [0.2, 0.25) is 0 Å². The first-order valence-electron chi connectivity index (χ1n) is 5.47. The van der Waals surface area contributed by atoms with Gasteiger partial charge in [-0.1, -0.05) is 24.3 Å². The van der Waals surface area contributed by atoms with Crippen LogP contribution in [0.5, 0.6) is 0 Å². The van der Waals surface area contributed by atoms with E-state index >= 15 is 0 Å². The Morgan fingerprint density at radius 3 is 2.44 bits per heavy atom. The van der Waals surface area contributed by atoms with Crippen molar-refractivity contribution in [3.05, 3.63) is 46.4 Å². The van der Waals surface area contributed by atoms with Crippen molar-refractivity contribution >= 4 is 0 Å². The minimum atomic E-state index is 0.0456. The summed E-state index contributed by atoms with van der Waals surface area (Å²) in [5.74, 6) is 0. The van der Waals surface area contributed by atoms with Gasteiger partial charge >= 0.3 is 0 Å². The number of nitrogens with one attached hydrogen (secondary N) is 1. The molecule has 0 fully saturated rings. The van der Waals surface area contributed by atoms with E-state index in [0.717, 1.165) is 16.7 Å². The molecule has 1 aromatic heterocycles. The van der Waals surface area contributed by atoms with Crippen LogP contribution in [0.4, 0.5) is 0 Å². The minimum Gasteiger partial charge on any atom is -0.302 e. The summed E-state index contributed by atoms with van der Waals surface area (Å²) in [6, 6.07) is 8.08. The maximum Gasteiger partial charge on any atom is 0.274 e. The largest absolute Gasteiger partial charge is 0.302 e. The molecule has 16 heavy (non-hydrogen) atoms. The normalized spacial score (nSPS) is 11.0. The summed E-state index contributed by atoms with van der Waals surface area (Å²) in [5.41, 5.74) is 2.91. The Hall–Kier alpha value is -1.77. The number of benzene rings is 1. The van der Waals surface area contributed by atoms with Crippen molar-refractivity contribution in [2.24, 2.45) is 0 Å². The minimum absolute atomic E-state index is 0.0456. The second kappa shape index (κ2) is 4.00. The highest BCUT2D eigenvalue weighted by Gasteiger charge is 2.11. The summed E-state index contributed by atoms with van der Waals surface area (Å²) in [5, 5.41) is 3.00. The molecule has 1 heterocycles. The SMILES string of the molecule is Cc1ccccc1-c1c[nH]n(C(C)C)c1=O. The predicted molar refractivity (Wildman–Crippen MR) is 65.6 cm³/mol. The van der Waals surface area contributed by atoms with Crippen molar-refractivity contribution in [1.29, 1.82) is 0 Å². The number of aryl methyl sites for hydroxylation is 1. The molecule has 1 aromatic carbocycles. The van der Waals surface area contributed by atoms with Crippen LogP contribution in [0.15, 0.2) is 35.3 Å². The molecular formula is C13H16N2O. The number of nitrogens with zero attached hydrogens (tertiary/aromatic N) is 1. The van der Waals surface area contributed by atoms with Crippen LogP contribution in [0.25, 0.3) is 11.1 Å². The number of hydrogen-bond acceptors (Lipinski definition) is 1. The van der Waals surface area contributed by atoms with Gasteiger partial charge in [0.1, 0.15) is 0 Å². The van der Waals surface area contributed by atoms with Gasteiger partial charge in [0.25, 0.3) is 5.56 Å². The van der Waals surface area contributed by atoms with E-state index in [2.05, 4.69) is 5.10 Å². The topological polar surface area (TPSA) is 37.8 Å². The second-order valence-corrected chi connectivity index (χ2v) is 4.27. The second-order valence-electron chi connectivity index (χ2n) is 4.27. The van der Waals surface area contributed by atoms with E-state index < -0.39 is 0 Å². The average Bonchev–Trinajstić information content (AvgIpc) is 2.61. The Morgan fingerprint density at radius 2 is 1.88 bits per heavy atom. The summed E-state index contributed by atoms with van der Waals surface area (Å²) in [4.78, 5) is 12.1. The Labute approximate surface area is 94.7 Å². The molecule has 84 valence electrons. The fourth-order valence-electron chi connectivity index (χ4n) is 1.84. The van der Waals surface area contributed by atoms with Gasteiger partial charge < -0.3 is 5.10 Å². The van der Waals surface area contributed by atoms with E-state index in [1.54, 1.807) is 10.9 Å². The quantitative estimate of drug-likeness (QED) is 0.823. The zero-order valence-electron chi connectivity index (χ0n) is 9.82. The summed E-state index contributed by atoms with van der Waals surface area (Å²) in [7, 11) is 0. The fraction of sp³-hybridized carbons (Fsp3) is 0.308. The number of aromatic nitrogens is 2. The first-order chi connectivity index (χ1) is 7.61. The lowest BCUT2D eigenvalue weighted by atomic mass is 10.0. The number of aromatic amines is 1. The third-order valence-corrected chi connectivity index (χ3v) is 2.75. The lowest BCUT2D eigenvalue weighted by Crippen LogP contribution is -2.19. The maximum atomic E-state index is 12.1.